The zero-order valence-electron chi connectivity index (χ0n) is 23.5. The minimum absolute atomic E-state index is 0.281. The molecule has 0 bridgehead atoms. The second kappa shape index (κ2) is 8.87. The molecule has 0 saturated heterocycles. The van der Waals surface area contributed by atoms with E-state index in [0.29, 0.717) is 11.8 Å². The van der Waals surface area contributed by atoms with Gasteiger partial charge in [-0.25, -0.2) is 0 Å². The van der Waals surface area contributed by atoms with E-state index in [0.717, 1.165) is 34.4 Å². The predicted molar refractivity (Wildman–Crippen MR) is 166 cm³/mol. The maximum absolute atomic E-state index is 6.59. The molecule has 4 aromatic rings. The first kappa shape index (κ1) is 24.1. The fraction of sp³-hybridized carbons (Fsp3) is 0.158. The number of hydrogen-bond acceptors (Lipinski definition) is 3. The lowest BCUT2D eigenvalue weighted by Gasteiger charge is -2.36. The van der Waals surface area contributed by atoms with Crippen LogP contribution in [0.4, 0.5) is 5.69 Å². The van der Waals surface area contributed by atoms with Crippen LogP contribution in [0.2, 0.25) is 0 Å². The predicted octanol–water partition coefficient (Wildman–Crippen LogP) is 9.65. The monoisotopic (exact) mass is 533 g/mol. The van der Waals surface area contributed by atoms with E-state index in [2.05, 4.69) is 128 Å². The van der Waals surface area contributed by atoms with Crippen LogP contribution < -0.4 is 14.4 Å². The van der Waals surface area contributed by atoms with E-state index in [9.17, 15) is 0 Å². The van der Waals surface area contributed by atoms with Crippen molar-refractivity contribution in [1.82, 2.24) is 0 Å². The summed E-state index contributed by atoms with van der Waals surface area (Å²) in [5.41, 5.74) is 9.87. The summed E-state index contributed by atoms with van der Waals surface area (Å²) in [7, 11) is 2.07. The summed E-state index contributed by atoms with van der Waals surface area (Å²) in [4.78, 5) is 2.15. The van der Waals surface area contributed by atoms with Crippen LogP contribution >= 0.6 is 0 Å². The molecule has 3 aliphatic carbocycles. The molecular weight excluding hydrogens is 502 g/mol. The normalized spacial score (nSPS) is 22.4. The van der Waals surface area contributed by atoms with Gasteiger partial charge in [0.2, 0.25) is 0 Å². The van der Waals surface area contributed by atoms with Gasteiger partial charge in [0.15, 0.2) is 23.0 Å². The van der Waals surface area contributed by atoms with Crippen molar-refractivity contribution in [1.29, 1.82) is 0 Å². The fourth-order valence-corrected chi connectivity index (χ4v) is 7.43. The van der Waals surface area contributed by atoms with Gasteiger partial charge in [-0.15, -0.1) is 0 Å². The van der Waals surface area contributed by atoms with E-state index in [4.69, 9.17) is 9.47 Å². The quantitative estimate of drug-likeness (QED) is 0.216. The summed E-state index contributed by atoms with van der Waals surface area (Å²) in [6.45, 7) is 4.13. The maximum Gasteiger partial charge on any atom is 0.172 e. The molecule has 0 saturated carbocycles. The highest BCUT2D eigenvalue weighted by atomic mass is 16.6. The Morgan fingerprint density at radius 1 is 0.756 bits per heavy atom. The van der Waals surface area contributed by atoms with Crippen molar-refractivity contribution < 1.29 is 9.47 Å². The molecule has 0 radical (unpaired) electrons. The summed E-state index contributed by atoms with van der Waals surface area (Å²) in [6, 6.07) is 28.5. The van der Waals surface area contributed by atoms with Gasteiger partial charge in [0.05, 0.1) is 5.41 Å². The topological polar surface area (TPSA) is 21.7 Å². The van der Waals surface area contributed by atoms with Crippen LogP contribution in [0, 0.1) is 5.92 Å². The molecule has 4 aromatic carbocycles. The molecule has 3 heteroatoms. The smallest absolute Gasteiger partial charge is 0.172 e. The number of allylic oxidation sites excluding steroid dienone is 8. The standard InChI is InChI=1S/C38H31NO2/c1-4-5-12-24(2)39(3)25-19-20-34-35(21-25)41-36-22-29-28-15-8-11-18-32(28)38(33(29)23-37(36)40-34)30-16-9-6-13-26(30)27-14-7-10-17-31(27)38/h4-23,26,30H,1-3H3/b5-4-,24-12+. The van der Waals surface area contributed by atoms with Gasteiger partial charge in [-0.3, -0.25) is 0 Å². The van der Waals surface area contributed by atoms with Crippen LogP contribution in [0.15, 0.2) is 127 Å². The Bertz CT molecular complexity index is 1860. The number of hydrogen-bond donors (Lipinski definition) is 0. The molecular formula is C38H31NO2. The summed E-state index contributed by atoms with van der Waals surface area (Å²) >= 11 is 0. The highest BCUT2D eigenvalue weighted by Crippen LogP contribution is 2.66. The average molecular weight is 534 g/mol. The summed E-state index contributed by atoms with van der Waals surface area (Å²) in [6.07, 6.45) is 15.4. The van der Waals surface area contributed by atoms with Crippen molar-refractivity contribution in [2.45, 2.75) is 25.2 Å². The molecule has 41 heavy (non-hydrogen) atoms. The lowest BCUT2D eigenvalue weighted by molar-refractivity contribution is 0.358. The SMILES string of the molecule is C/C=C\C=C(/C)N(C)c1ccc2c(c1)Oc1cc3c(cc1O2)C1(c2ccccc2-3)c2ccccc2C2C=CC=CC21. The summed E-state index contributed by atoms with van der Waals surface area (Å²) in [5, 5.41) is 0. The lowest BCUT2D eigenvalue weighted by Crippen LogP contribution is -2.33. The first-order valence-corrected chi connectivity index (χ1v) is 14.4. The number of benzene rings is 4. The molecule has 1 aliphatic heterocycles. The average Bonchev–Trinajstić information content (AvgIpc) is 3.48. The second-order valence-corrected chi connectivity index (χ2v) is 11.3. The van der Waals surface area contributed by atoms with E-state index in [1.54, 1.807) is 0 Å². The van der Waals surface area contributed by atoms with E-state index in [-0.39, 0.29) is 5.41 Å². The largest absolute Gasteiger partial charge is 0.449 e. The molecule has 0 N–H and O–H groups in total. The molecule has 3 nitrogen and oxygen atoms in total. The molecule has 200 valence electrons. The van der Waals surface area contributed by atoms with E-state index in [1.807, 2.05) is 19.1 Å². The minimum atomic E-state index is -0.281. The number of ether oxygens (including phenoxy) is 2. The van der Waals surface area contributed by atoms with E-state index in [1.165, 1.54) is 33.4 Å². The van der Waals surface area contributed by atoms with Crippen LogP contribution in [-0.2, 0) is 5.41 Å². The Balaban J connectivity index is 1.28. The molecule has 0 amide bonds. The van der Waals surface area contributed by atoms with Crippen molar-refractivity contribution in [3.8, 4) is 34.1 Å². The Kier molecular flexibility index (Phi) is 5.21. The Hall–Kier alpha value is -4.76. The maximum atomic E-state index is 6.59. The van der Waals surface area contributed by atoms with Crippen molar-refractivity contribution in [2.75, 3.05) is 11.9 Å². The van der Waals surface area contributed by atoms with Crippen LogP contribution in [0.3, 0.4) is 0 Å². The van der Waals surface area contributed by atoms with Gasteiger partial charge in [0.1, 0.15) is 0 Å². The number of fused-ring (bicyclic) bond motifs is 12. The van der Waals surface area contributed by atoms with Crippen molar-refractivity contribution >= 4 is 5.69 Å². The van der Waals surface area contributed by atoms with E-state index < -0.39 is 0 Å². The Morgan fingerprint density at radius 3 is 2.37 bits per heavy atom. The van der Waals surface area contributed by atoms with Gasteiger partial charge in [-0.05, 0) is 77.6 Å². The number of nitrogens with zero attached hydrogens (tertiary/aromatic N) is 1. The lowest BCUT2D eigenvalue weighted by atomic mass is 9.65. The Morgan fingerprint density at radius 2 is 1.49 bits per heavy atom. The van der Waals surface area contributed by atoms with Crippen molar-refractivity contribution in [3.63, 3.8) is 0 Å². The third kappa shape index (κ3) is 3.26. The molecule has 0 aromatic heterocycles. The van der Waals surface area contributed by atoms with Gasteiger partial charge in [0.25, 0.3) is 0 Å². The van der Waals surface area contributed by atoms with Gasteiger partial charge in [-0.1, -0.05) is 85.0 Å². The molecule has 3 atom stereocenters. The molecule has 1 heterocycles. The van der Waals surface area contributed by atoms with Crippen LogP contribution in [-0.4, -0.2) is 7.05 Å². The van der Waals surface area contributed by atoms with E-state index >= 15 is 0 Å². The first-order valence-electron chi connectivity index (χ1n) is 14.4. The van der Waals surface area contributed by atoms with Gasteiger partial charge < -0.3 is 14.4 Å². The molecule has 0 fully saturated rings. The van der Waals surface area contributed by atoms with Gasteiger partial charge in [0, 0.05) is 36.3 Å². The molecule has 8 rings (SSSR count). The zero-order valence-corrected chi connectivity index (χ0v) is 23.5. The van der Waals surface area contributed by atoms with Crippen LogP contribution in [0.1, 0.15) is 42.0 Å². The fourth-order valence-electron chi connectivity index (χ4n) is 7.43. The van der Waals surface area contributed by atoms with Gasteiger partial charge >= 0.3 is 0 Å². The molecule has 3 unspecified atom stereocenters. The second-order valence-electron chi connectivity index (χ2n) is 11.3. The summed E-state index contributed by atoms with van der Waals surface area (Å²) < 4.78 is 13.2. The number of rotatable bonds is 3. The minimum Gasteiger partial charge on any atom is -0.449 e. The van der Waals surface area contributed by atoms with Gasteiger partial charge in [-0.2, -0.15) is 0 Å². The van der Waals surface area contributed by atoms with Crippen molar-refractivity contribution in [2.24, 2.45) is 5.92 Å². The van der Waals surface area contributed by atoms with Crippen LogP contribution in [0.25, 0.3) is 11.1 Å². The highest BCUT2D eigenvalue weighted by Gasteiger charge is 2.57. The zero-order chi connectivity index (χ0) is 27.7. The Labute approximate surface area is 241 Å². The number of anilines is 1. The molecule has 1 spiro atoms. The van der Waals surface area contributed by atoms with Crippen molar-refractivity contribution in [3.05, 3.63) is 149 Å². The highest BCUT2D eigenvalue weighted by molar-refractivity contribution is 5.88. The van der Waals surface area contributed by atoms with Crippen LogP contribution in [0.5, 0.6) is 23.0 Å². The molecule has 4 aliphatic rings. The first-order chi connectivity index (χ1) is 20.1. The third-order valence-corrected chi connectivity index (χ3v) is 9.34. The summed E-state index contributed by atoms with van der Waals surface area (Å²) in [5.74, 6) is 3.62. The third-order valence-electron chi connectivity index (χ3n) is 9.34.